The molecule has 49 heavy (non-hydrogen) atoms. The number of halogens is 2. The number of nitrogens with one attached hydrogen (secondary N) is 1. The molecule has 1 N–H and O–H groups in total. The van der Waals surface area contributed by atoms with Crippen molar-refractivity contribution in [2.45, 2.75) is 39.5 Å². The number of piperazine rings is 1. The molecule has 2 aliphatic rings. The van der Waals surface area contributed by atoms with Crippen molar-refractivity contribution in [3.05, 3.63) is 89.2 Å². The highest BCUT2D eigenvalue weighted by atomic mass is 19.1. The Morgan fingerprint density at radius 3 is 2.31 bits per heavy atom. The average Bonchev–Trinajstić information content (AvgIpc) is 3.39. The van der Waals surface area contributed by atoms with Crippen LogP contribution < -0.4 is 19.7 Å². The third kappa shape index (κ3) is 7.20. The van der Waals surface area contributed by atoms with Crippen molar-refractivity contribution in [2.75, 3.05) is 50.6 Å². The predicted octanol–water partition coefficient (Wildman–Crippen LogP) is 6.40. The molecule has 0 aliphatic carbocycles. The van der Waals surface area contributed by atoms with Gasteiger partial charge in [-0.1, -0.05) is 6.07 Å². The first-order valence-electron chi connectivity index (χ1n) is 15.9. The molecule has 1 fully saturated rings. The van der Waals surface area contributed by atoms with E-state index in [2.05, 4.69) is 20.2 Å². The van der Waals surface area contributed by atoms with Gasteiger partial charge in [-0.05, 0) is 63.2 Å². The number of rotatable bonds is 8. The second-order valence-corrected chi connectivity index (χ2v) is 12.8. The van der Waals surface area contributed by atoms with E-state index in [9.17, 15) is 18.4 Å². The van der Waals surface area contributed by atoms with E-state index in [0.717, 1.165) is 11.3 Å². The summed E-state index contributed by atoms with van der Waals surface area (Å²) in [6, 6.07) is 14.1. The lowest BCUT2D eigenvalue weighted by Crippen LogP contribution is -2.50. The van der Waals surface area contributed by atoms with Crippen molar-refractivity contribution >= 4 is 29.2 Å². The fraction of sp³-hybridized carbons (Fsp3) is 0.333. The van der Waals surface area contributed by atoms with Gasteiger partial charge in [0, 0.05) is 37.8 Å². The summed E-state index contributed by atoms with van der Waals surface area (Å²) in [6.07, 6.45) is 1.37. The van der Waals surface area contributed by atoms with E-state index < -0.39 is 17.2 Å². The summed E-state index contributed by atoms with van der Waals surface area (Å²) in [5.41, 5.74) is 1.80. The molecule has 256 valence electrons. The van der Waals surface area contributed by atoms with Gasteiger partial charge in [0.05, 0.1) is 67.4 Å². The van der Waals surface area contributed by atoms with Gasteiger partial charge in [0.25, 0.3) is 5.91 Å². The van der Waals surface area contributed by atoms with Crippen LogP contribution in [0.2, 0.25) is 0 Å². The first-order valence-corrected chi connectivity index (χ1v) is 15.9. The minimum atomic E-state index is -0.767. The lowest BCUT2D eigenvalue weighted by Gasteiger charge is -2.36. The molecule has 11 nitrogen and oxygen atoms in total. The highest BCUT2D eigenvalue weighted by molar-refractivity contribution is 6.04. The van der Waals surface area contributed by atoms with Crippen molar-refractivity contribution in [3.63, 3.8) is 0 Å². The van der Waals surface area contributed by atoms with E-state index in [1.165, 1.54) is 24.3 Å². The van der Waals surface area contributed by atoms with Gasteiger partial charge in [0.2, 0.25) is 0 Å². The standard InChI is InChI=1S/C36H38F2N6O5/c1-36(2,3)49-35(46)43-15-13-42(14-16-43)23-10-12-31(39-19-23)41-28-18-27(32-25(37)7-6-8-26(32)38)40-29-21-44(34(45)33(28)29)20-22-9-11-24(47-4)17-30(22)48-5/h6-12,17-19H,13-16,20-21H2,1-5H3,(H,39,40,41). The van der Waals surface area contributed by atoms with Crippen LogP contribution in [0.4, 0.5) is 30.8 Å². The zero-order valence-electron chi connectivity index (χ0n) is 28.0. The number of aromatic nitrogens is 2. The molecule has 13 heteroatoms. The monoisotopic (exact) mass is 672 g/mol. The van der Waals surface area contributed by atoms with Crippen LogP contribution in [0.25, 0.3) is 11.3 Å². The second kappa shape index (κ2) is 13.6. The molecular weight excluding hydrogens is 634 g/mol. The third-order valence-electron chi connectivity index (χ3n) is 8.32. The van der Waals surface area contributed by atoms with Crippen molar-refractivity contribution in [3.8, 4) is 22.8 Å². The normalized spacial score (nSPS) is 14.5. The number of hydrogen-bond donors (Lipinski definition) is 1. The smallest absolute Gasteiger partial charge is 0.410 e. The summed E-state index contributed by atoms with van der Waals surface area (Å²) in [7, 11) is 3.10. The van der Waals surface area contributed by atoms with Gasteiger partial charge in [-0.15, -0.1) is 0 Å². The van der Waals surface area contributed by atoms with E-state index in [1.807, 2.05) is 32.9 Å². The molecule has 2 aromatic carbocycles. The molecular formula is C36H38F2N6O5. The maximum absolute atomic E-state index is 14.9. The number of nitrogens with zero attached hydrogens (tertiary/aromatic N) is 5. The van der Waals surface area contributed by atoms with Crippen LogP contribution in [0, 0.1) is 11.6 Å². The molecule has 0 radical (unpaired) electrons. The second-order valence-electron chi connectivity index (χ2n) is 12.8. The topological polar surface area (TPSA) is 109 Å². The van der Waals surface area contributed by atoms with Gasteiger partial charge in [-0.3, -0.25) is 4.79 Å². The Hall–Kier alpha value is -5.46. The number of hydrogen-bond acceptors (Lipinski definition) is 9. The maximum atomic E-state index is 14.9. The van der Waals surface area contributed by atoms with Crippen LogP contribution in [0.1, 0.15) is 42.4 Å². The largest absolute Gasteiger partial charge is 0.497 e. The molecule has 1 saturated heterocycles. The Labute approximate surface area is 283 Å². The summed E-state index contributed by atoms with van der Waals surface area (Å²) in [5, 5.41) is 3.21. The molecule has 0 atom stereocenters. The Morgan fingerprint density at radius 2 is 1.67 bits per heavy atom. The van der Waals surface area contributed by atoms with E-state index in [4.69, 9.17) is 14.2 Å². The molecule has 4 heterocycles. The van der Waals surface area contributed by atoms with Crippen molar-refractivity contribution in [1.29, 1.82) is 0 Å². The fourth-order valence-electron chi connectivity index (χ4n) is 5.91. The molecule has 2 amide bonds. The average molecular weight is 673 g/mol. The maximum Gasteiger partial charge on any atom is 0.410 e. The quantitative estimate of drug-likeness (QED) is 0.228. The van der Waals surface area contributed by atoms with Crippen molar-refractivity contribution in [1.82, 2.24) is 19.8 Å². The minimum absolute atomic E-state index is 0.0491. The lowest BCUT2D eigenvalue weighted by molar-refractivity contribution is 0.0240. The molecule has 0 bridgehead atoms. The van der Waals surface area contributed by atoms with Crippen molar-refractivity contribution in [2.24, 2.45) is 0 Å². The number of benzene rings is 2. The summed E-state index contributed by atoms with van der Waals surface area (Å²) in [5.74, 6) is -0.244. The Bertz CT molecular complexity index is 1850. The van der Waals surface area contributed by atoms with Crippen molar-refractivity contribution < 1.29 is 32.6 Å². The molecule has 0 unspecified atom stereocenters. The van der Waals surface area contributed by atoms with Gasteiger partial charge in [0.1, 0.15) is 34.6 Å². The number of pyridine rings is 2. The number of anilines is 3. The molecule has 0 spiro atoms. The van der Waals surface area contributed by atoms with Crippen LogP contribution in [0.3, 0.4) is 0 Å². The molecule has 2 aliphatic heterocycles. The van der Waals surface area contributed by atoms with Crippen LogP contribution in [0.15, 0.2) is 60.8 Å². The fourth-order valence-corrected chi connectivity index (χ4v) is 5.91. The van der Waals surface area contributed by atoms with E-state index in [0.29, 0.717) is 54.9 Å². The zero-order chi connectivity index (χ0) is 34.9. The van der Waals surface area contributed by atoms with Gasteiger partial charge in [-0.2, -0.15) is 0 Å². The van der Waals surface area contributed by atoms with Crippen LogP contribution in [-0.4, -0.2) is 77.8 Å². The van der Waals surface area contributed by atoms with Gasteiger partial charge < -0.3 is 34.2 Å². The number of ether oxygens (including phenoxy) is 3. The Kier molecular flexibility index (Phi) is 9.26. The molecule has 4 aromatic rings. The SMILES string of the molecule is COc1ccc(CN2Cc3nc(-c4c(F)cccc4F)cc(Nc4ccc(N5CCN(C(=O)OC(C)(C)C)CC5)cn4)c3C2=O)c(OC)c1. The molecule has 0 saturated carbocycles. The van der Waals surface area contributed by atoms with Crippen LogP contribution >= 0.6 is 0 Å². The summed E-state index contributed by atoms with van der Waals surface area (Å²) in [6.45, 7) is 8.07. The minimum Gasteiger partial charge on any atom is -0.497 e. The number of amides is 2. The third-order valence-corrected chi connectivity index (χ3v) is 8.32. The predicted molar refractivity (Wildman–Crippen MR) is 180 cm³/mol. The number of carbonyl (C=O) groups excluding carboxylic acids is 2. The summed E-state index contributed by atoms with van der Waals surface area (Å²) < 4.78 is 46.2. The lowest BCUT2D eigenvalue weighted by atomic mass is 10.1. The van der Waals surface area contributed by atoms with Crippen LogP contribution in [-0.2, 0) is 17.8 Å². The molecule has 6 rings (SSSR count). The first kappa shape index (κ1) is 33.4. The zero-order valence-corrected chi connectivity index (χ0v) is 28.0. The van der Waals surface area contributed by atoms with Gasteiger partial charge >= 0.3 is 6.09 Å². The highest BCUT2D eigenvalue weighted by Gasteiger charge is 2.34. The Morgan fingerprint density at radius 1 is 0.939 bits per heavy atom. The molecule has 2 aromatic heterocycles. The first-order chi connectivity index (χ1) is 23.4. The van der Waals surface area contributed by atoms with Gasteiger partial charge in [-0.25, -0.2) is 23.5 Å². The summed E-state index contributed by atoms with van der Waals surface area (Å²) >= 11 is 0. The number of carbonyl (C=O) groups is 2. The number of fused-ring (bicyclic) bond motifs is 1. The van der Waals surface area contributed by atoms with E-state index >= 15 is 0 Å². The van der Waals surface area contributed by atoms with Gasteiger partial charge in [0.15, 0.2) is 0 Å². The Balaban J connectivity index is 1.25. The number of methoxy groups -OCH3 is 2. The highest BCUT2D eigenvalue weighted by Crippen LogP contribution is 2.37. The van der Waals surface area contributed by atoms with Crippen LogP contribution in [0.5, 0.6) is 11.5 Å². The summed E-state index contributed by atoms with van der Waals surface area (Å²) in [4.78, 5) is 40.9. The van der Waals surface area contributed by atoms with E-state index in [1.54, 1.807) is 48.4 Å². The van der Waals surface area contributed by atoms with E-state index in [-0.39, 0.29) is 41.9 Å².